The second-order valence-corrected chi connectivity index (χ2v) is 11.7. The molecule has 0 radical (unpaired) electrons. The van der Waals surface area contributed by atoms with E-state index in [2.05, 4.69) is 50.4 Å². The maximum atomic E-state index is 13.6. The molecule has 1 aliphatic carbocycles. The standard InChI is InChI=1S/C33H38N2O4/c1-33(2,3)27-13-8-24(9-14-27)21-35(32(37)26-6-4-5-7-26)28-15-10-23(11-16-28)19-31(36)34-20-25-12-17-29-30(18-25)39-22-38-29/h8-18,26H,4-7,19-22H2,1-3H3,(H,34,36). The second kappa shape index (κ2) is 11.5. The predicted octanol–water partition coefficient (Wildman–Crippen LogP) is 6.30. The van der Waals surface area contributed by atoms with E-state index in [0.29, 0.717) is 18.8 Å². The number of hydrogen-bond acceptors (Lipinski definition) is 4. The number of amides is 2. The Labute approximate surface area is 231 Å². The van der Waals surface area contributed by atoms with Crippen LogP contribution in [-0.4, -0.2) is 18.6 Å². The average Bonchev–Trinajstić information content (AvgIpc) is 3.63. The van der Waals surface area contributed by atoms with Gasteiger partial charge >= 0.3 is 0 Å². The van der Waals surface area contributed by atoms with E-state index in [-0.39, 0.29) is 36.4 Å². The maximum absolute atomic E-state index is 13.6. The van der Waals surface area contributed by atoms with Crippen LogP contribution in [0.2, 0.25) is 0 Å². The first-order chi connectivity index (χ1) is 18.8. The first-order valence-electron chi connectivity index (χ1n) is 13.9. The van der Waals surface area contributed by atoms with Crippen molar-refractivity contribution in [1.29, 1.82) is 0 Å². The molecule has 0 spiro atoms. The number of nitrogens with one attached hydrogen (secondary N) is 1. The maximum Gasteiger partial charge on any atom is 0.231 e. The molecule has 1 fully saturated rings. The van der Waals surface area contributed by atoms with Crippen LogP contribution in [0.1, 0.15) is 68.7 Å². The Morgan fingerprint density at radius 1 is 0.846 bits per heavy atom. The van der Waals surface area contributed by atoms with E-state index >= 15 is 0 Å². The molecule has 39 heavy (non-hydrogen) atoms. The van der Waals surface area contributed by atoms with Gasteiger partial charge < -0.3 is 19.7 Å². The molecule has 6 heteroatoms. The Bertz CT molecular complexity index is 1300. The minimum Gasteiger partial charge on any atom is -0.454 e. The zero-order valence-electron chi connectivity index (χ0n) is 23.2. The van der Waals surface area contributed by atoms with Crippen LogP contribution in [0.3, 0.4) is 0 Å². The molecule has 0 aromatic heterocycles. The van der Waals surface area contributed by atoms with Gasteiger partial charge in [0.1, 0.15) is 0 Å². The molecule has 0 saturated heterocycles. The summed E-state index contributed by atoms with van der Waals surface area (Å²) in [4.78, 5) is 28.1. The highest BCUT2D eigenvalue weighted by Crippen LogP contribution is 2.33. The summed E-state index contributed by atoms with van der Waals surface area (Å²) < 4.78 is 10.8. The molecule has 5 rings (SSSR count). The van der Waals surface area contributed by atoms with Crippen molar-refractivity contribution in [2.75, 3.05) is 11.7 Å². The summed E-state index contributed by atoms with van der Waals surface area (Å²) >= 11 is 0. The van der Waals surface area contributed by atoms with Crippen molar-refractivity contribution in [3.63, 3.8) is 0 Å². The van der Waals surface area contributed by atoms with Gasteiger partial charge in [0.15, 0.2) is 11.5 Å². The summed E-state index contributed by atoms with van der Waals surface area (Å²) in [5.41, 5.74) is 5.22. The fraction of sp³-hybridized carbons (Fsp3) is 0.394. The lowest BCUT2D eigenvalue weighted by Gasteiger charge is -2.27. The predicted molar refractivity (Wildman–Crippen MR) is 153 cm³/mol. The van der Waals surface area contributed by atoms with Crippen LogP contribution in [0.5, 0.6) is 11.5 Å². The topological polar surface area (TPSA) is 67.9 Å². The van der Waals surface area contributed by atoms with Crippen molar-refractivity contribution >= 4 is 17.5 Å². The quantitative estimate of drug-likeness (QED) is 0.374. The molecule has 204 valence electrons. The molecule has 3 aromatic carbocycles. The van der Waals surface area contributed by atoms with Crippen LogP contribution < -0.4 is 19.7 Å². The molecule has 1 heterocycles. The summed E-state index contributed by atoms with van der Waals surface area (Å²) in [6, 6.07) is 22.1. The number of ether oxygens (including phenoxy) is 2. The van der Waals surface area contributed by atoms with E-state index in [1.807, 2.05) is 47.4 Å². The average molecular weight is 527 g/mol. The van der Waals surface area contributed by atoms with Crippen molar-refractivity contribution in [3.05, 3.63) is 89.0 Å². The van der Waals surface area contributed by atoms with Crippen LogP contribution in [-0.2, 0) is 34.5 Å². The van der Waals surface area contributed by atoms with Gasteiger partial charge in [-0.05, 0) is 64.8 Å². The van der Waals surface area contributed by atoms with E-state index < -0.39 is 0 Å². The molecular weight excluding hydrogens is 488 g/mol. The molecular formula is C33H38N2O4. The van der Waals surface area contributed by atoms with Gasteiger partial charge in [-0.25, -0.2) is 0 Å². The fourth-order valence-corrected chi connectivity index (χ4v) is 5.28. The molecule has 0 unspecified atom stereocenters. The van der Waals surface area contributed by atoms with Gasteiger partial charge in [0.2, 0.25) is 18.6 Å². The molecule has 1 saturated carbocycles. The van der Waals surface area contributed by atoms with Gasteiger partial charge in [0.25, 0.3) is 0 Å². The normalized spacial score (nSPS) is 14.8. The highest BCUT2D eigenvalue weighted by Gasteiger charge is 2.28. The van der Waals surface area contributed by atoms with E-state index in [9.17, 15) is 9.59 Å². The highest BCUT2D eigenvalue weighted by molar-refractivity contribution is 5.95. The zero-order chi connectivity index (χ0) is 27.4. The molecule has 2 amide bonds. The Balaban J connectivity index is 1.24. The van der Waals surface area contributed by atoms with Crippen LogP contribution in [0, 0.1) is 5.92 Å². The lowest BCUT2D eigenvalue weighted by atomic mass is 9.86. The van der Waals surface area contributed by atoms with E-state index in [4.69, 9.17) is 9.47 Å². The Morgan fingerprint density at radius 2 is 1.49 bits per heavy atom. The number of hydrogen-bond donors (Lipinski definition) is 1. The molecule has 2 aliphatic rings. The molecule has 3 aromatic rings. The third-order valence-electron chi connectivity index (χ3n) is 7.67. The van der Waals surface area contributed by atoms with Gasteiger partial charge in [-0.15, -0.1) is 0 Å². The Hall–Kier alpha value is -3.80. The van der Waals surface area contributed by atoms with Crippen LogP contribution in [0.15, 0.2) is 66.7 Å². The van der Waals surface area contributed by atoms with Gasteiger partial charge in [-0.2, -0.15) is 0 Å². The van der Waals surface area contributed by atoms with E-state index in [0.717, 1.165) is 53.8 Å². The Morgan fingerprint density at radius 3 is 2.18 bits per heavy atom. The molecule has 1 aliphatic heterocycles. The van der Waals surface area contributed by atoms with Gasteiger partial charge in [-0.1, -0.05) is 76.1 Å². The minimum atomic E-state index is -0.0572. The van der Waals surface area contributed by atoms with Crippen molar-refractivity contribution in [2.45, 2.75) is 71.4 Å². The van der Waals surface area contributed by atoms with Crippen molar-refractivity contribution in [1.82, 2.24) is 5.32 Å². The Kier molecular flexibility index (Phi) is 7.92. The minimum absolute atomic E-state index is 0.0572. The SMILES string of the molecule is CC(C)(C)c1ccc(CN(C(=O)C2CCCC2)c2ccc(CC(=O)NCc3ccc4c(c3)OCO4)cc2)cc1. The number of anilines is 1. The lowest BCUT2D eigenvalue weighted by Crippen LogP contribution is -2.35. The highest BCUT2D eigenvalue weighted by atomic mass is 16.7. The van der Waals surface area contributed by atoms with E-state index in [1.165, 1.54) is 5.56 Å². The van der Waals surface area contributed by atoms with Crippen LogP contribution in [0.4, 0.5) is 5.69 Å². The third kappa shape index (κ3) is 6.62. The smallest absolute Gasteiger partial charge is 0.231 e. The van der Waals surface area contributed by atoms with Crippen LogP contribution in [0.25, 0.3) is 0 Å². The van der Waals surface area contributed by atoms with Crippen molar-refractivity contribution in [2.24, 2.45) is 5.92 Å². The molecule has 6 nitrogen and oxygen atoms in total. The lowest BCUT2D eigenvalue weighted by molar-refractivity contribution is -0.122. The van der Waals surface area contributed by atoms with E-state index in [1.54, 1.807) is 0 Å². The number of rotatable bonds is 8. The monoisotopic (exact) mass is 526 g/mol. The number of nitrogens with zero attached hydrogens (tertiary/aromatic N) is 1. The van der Waals surface area contributed by atoms with Crippen molar-refractivity contribution < 1.29 is 19.1 Å². The van der Waals surface area contributed by atoms with Gasteiger partial charge in [-0.3, -0.25) is 9.59 Å². The van der Waals surface area contributed by atoms with Gasteiger partial charge in [0.05, 0.1) is 13.0 Å². The number of benzene rings is 3. The van der Waals surface area contributed by atoms with Gasteiger partial charge in [0, 0.05) is 18.2 Å². The second-order valence-electron chi connectivity index (χ2n) is 11.7. The first-order valence-corrected chi connectivity index (χ1v) is 13.9. The zero-order valence-corrected chi connectivity index (χ0v) is 23.2. The molecule has 0 bridgehead atoms. The largest absolute Gasteiger partial charge is 0.454 e. The summed E-state index contributed by atoms with van der Waals surface area (Å²) in [7, 11) is 0. The summed E-state index contributed by atoms with van der Waals surface area (Å²) in [6.45, 7) is 7.81. The number of carbonyl (C=O) groups excluding carboxylic acids is 2. The fourth-order valence-electron chi connectivity index (χ4n) is 5.28. The number of fused-ring (bicyclic) bond motifs is 1. The molecule has 0 atom stereocenters. The van der Waals surface area contributed by atoms with Crippen molar-refractivity contribution in [3.8, 4) is 11.5 Å². The van der Waals surface area contributed by atoms with Crippen LogP contribution >= 0.6 is 0 Å². The summed E-state index contributed by atoms with van der Waals surface area (Å²) in [5.74, 6) is 1.66. The third-order valence-corrected chi connectivity index (χ3v) is 7.67. The first kappa shape index (κ1) is 26.8. The summed E-state index contributed by atoms with van der Waals surface area (Å²) in [6.07, 6.45) is 4.42. The number of carbonyl (C=O) groups is 2. The summed E-state index contributed by atoms with van der Waals surface area (Å²) in [5, 5.41) is 2.98. The molecule has 1 N–H and O–H groups in total.